The van der Waals surface area contributed by atoms with Crippen LogP contribution >= 0.6 is 0 Å². The first kappa shape index (κ1) is 23.8. The zero-order valence-corrected chi connectivity index (χ0v) is 20.5. The van der Waals surface area contributed by atoms with E-state index in [9.17, 15) is 4.39 Å². The molecule has 0 spiro atoms. The molecule has 3 atom stereocenters. The van der Waals surface area contributed by atoms with E-state index >= 15 is 0 Å². The number of nitrogens with zero attached hydrogens (tertiary/aromatic N) is 2. The van der Waals surface area contributed by atoms with Gasteiger partial charge in [0.05, 0.1) is 33.0 Å². The van der Waals surface area contributed by atoms with E-state index in [1.165, 1.54) is 17.7 Å². The molecule has 3 unspecified atom stereocenters. The smallest absolute Gasteiger partial charge is 0.164 e. The molecule has 0 aromatic heterocycles. The molecule has 0 radical (unpaired) electrons. The second-order valence-corrected chi connectivity index (χ2v) is 9.36. The van der Waals surface area contributed by atoms with Gasteiger partial charge in [0.25, 0.3) is 0 Å². The number of rotatable bonds is 8. The summed E-state index contributed by atoms with van der Waals surface area (Å²) in [4.78, 5) is 4.86. The molecule has 188 valence electrons. The van der Waals surface area contributed by atoms with E-state index in [1.807, 2.05) is 25.3 Å². The lowest BCUT2D eigenvalue weighted by atomic mass is 9.88. The molecule has 35 heavy (non-hydrogen) atoms. The van der Waals surface area contributed by atoms with Crippen LogP contribution in [0.5, 0.6) is 23.0 Å². The van der Waals surface area contributed by atoms with E-state index in [2.05, 4.69) is 9.80 Å². The van der Waals surface area contributed by atoms with Gasteiger partial charge in [-0.25, -0.2) is 4.39 Å². The standard InChI is InChI=1S/C27H33FN2O5/c1-18(35-20-6-4-5-19(28)11-20)14-29-7-9-30(10-8-29)15-27-23-17-33-24-13-26(32-3)25(31-2)12-21(24)22(23)16-34-27/h4-6,11-13,16,18,23,27H,7-10,14-15,17H2,1-3H3. The van der Waals surface area contributed by atoms with Crippen molar-refractivity contribution in [2.45, 2.75) is 19.1 Å². The number of hydrogen-bond acceptors (Lipinski definition) is 7. The fourth-order valence-electron chi connectivity index (χ4n) is 5.14. The van der Waals surface area contributed by atoms with Crippen molar-refractivity contribution in [3.05, 3.63) is 54.0 Å². The molecule has 7 nitrogen and oxygen atoms in total. The Morgan fingerprint density at radius 3 is 2.51 bits per heavy atom. The molecular weight excluding hydrogens is 451 g/mol. The number of ether oxygens (including phenoxy) is 5. The van der Waals surface area contributed by atoms with Crippen LogP contribution in [0.4, 0.5) is 4.39 Å². The van der Waals surface area contributed by atoms with Gasteiger partial charge < -0.3 is 23.7 Å². The van der Waals surface area contributed by atoms with Crippen molar-refractivity contribution >= 4 is 5.57 Å². The van der Waals surface area contributed by atoms with Crippen LogP contribution in [0.2, 0.25) is 0 Å². The zero-order valence-electron chi connectivity index (χ0n) is 20.5. The van der Waals surface area contributed by atoms with Crippen molar-refractivity contribution in [1.82, 2.24) is 9.80 Å². The number of methoxy groups -OCH3 is 2. The van der Waals surface area contributed by atoms with E-state index < -0.39 is 0 Å². The molecule has 2 aromatic carbocycles. The summed E-state index contributed by atoms with van der Waals surface area (Å²) in [5.41, 5.74) is 2.18. The number of hydrogen-bond donors (Lipinski definition) is 0. The Balaban J connectivity index is 1.12. The van der Waals surface area contributed by atoms with Crippen LogP contribution in [-0.4, -0.2) is 82.1 Å². The molecule has 0 aliphatic carbocycles. The summed E-state index contributed by atoms with van der Waals surface area (Å²) >= 11 is 0. The van der Waals surface area contributed by atoms with Crippen molar-refractivity contribution in [2.75, 3.05) is 60.1 Å². The fourth-order valence-corrected chi connectivity index (χ4v) is 5.14. The average molecular weight is 485 g/mol. The second kappa shape index (κ2) is 10.3. The van der Waals surface area contributed by atoms with Crippen LogP contribution in [-0.2, 0) is 4.74 Å². The number of piperazine rings is 1. The number of fused-ring (bicyclic) bond motifs is 3. The highest BCUT2D eigenvalue weighted by Gasteiger charge is 2.39. The largest absolute Gasteiger partial charge is 0.496 e. The van der Waals surface area contributed by atoms with Crippen molar-refractivity contribution in [3.63, 3.8) is 0 Å². The van der Waals surface area contributed by atoms with Crippen LogP contribution in [0.25, 0.3) is 5.57 Å². The van der Waals surface area contributed by atoms with E-state index in [1.54, 1.807) is 26.4 Å². The van der Waals surface area contributed by atoms with Gasteiger partial charge in [-0.05, 0) is 25.1 Å². The quantitative estimate of drug-likeness (QED) is 0.567. The van der Waals surface area contributed by atoms with Crippen LogP contribution < -0.4 is 18.9 Å². The van der Waals surface area contributed by atoms with E-state index in [0.717, 1.165) is 50.6 Å². The summed E-state index contributed by atoms with van der Waals surface area (Å²) in [6, 6.07) is 10.2. The van der Waals surface area contributed by atoms with E-state index in [0.29, 0.717) is 23.9 Å². The lowest BCUT2D eigenvalue weighted by Gasteiger charge is -2.38. The predicted octanol–water partition coefficient (Wildman–Crippen LogP) is 3.68. The third-order valence-electron chi connectivity index (χ3n) is 6.98. The predicted molar refractivity (Wildman–Crippen MR) is 131 cm³/mol. The normalized spacial score (nSPS) is 22.8. The van der Waals surface area contributed by atoms with Gasteiger partial charge in [-0.2, -0.15) is 0 Å². The highest BCUT2D eigenvalue weighted by atomic mass is 19.1. The van der Waals surface area contributed by atoms with Crippen LogP contribution in [0.15, 0.2) is 42.7 Å². The monoisotopic (exact) mass is 484 g/mol. The topological polar surface area (TPSA) is 52.6 Å². The van der Waals surface area contributed by atoms with Gasteiger partial charge in [0.15, 0.2) is 11.5 Å². The summed E-state index contributed by atoms with van der Waals surface area (Å²) < 4.78 is 42.4. The Hall–Kier alpha value is -2.97. The minimum atomic E-state index is -0.277. The minimum Gasteiger partial charge on any atom is -0.496 e. The Labute approximate surface area is 206 Å². The summed E-state index contributed by atoms with van der Waals surface area (Å²) in [5.74, 6) is 2.64. The first-order valence-electron chi connectivity index (χ1n) is 12.2. The lowest BCUT2D eigenvalue weighted by Crippen LogP contribution is -2.51. The molecule has 0 amide bonds. The highest BCUT2D eigenvalue weighted by Crippen LogP contribution is 2.46. The van der Waals surface area contributed by atoms with Gasteiger partial charge in [0.1, 0.15) is 29.5 Å². The first-order valence-corrected chi connectivity index (χ1v) is 12.2. The Morgan fingerprint density at radius 1 is 1.03 bits per heavy atom. The van der Waals surface area contributed by atoms with Gasteiger partial charge in [0, 0.05) is 62.5 Å². The molecule has 3 aliphatic rings. The molecule has 3 aliphatic heterocycles. The molecule has 8 heteroatoms. The van der Waals surface area contributed by atoms with Crippen molar-refractivity contribution in [2.24, 2.45) is 5.92 Å². The molecule has 1 saturated heterocycles. The van der Waals surface area contributed by atoms with Gasteiger partial charge in [-0.3, -0.25) is 9.80 Å². The second-order valence-electron chi connectivity index (χ2n) is 9.36. The molecule has 0 bridgehead atoms. The SMILES string of the molecule is COc1cc2c(cc1OC)C1=COC(CN3CCN(CC(C)Oc4cccc(F)c4)CC3)C1CO2. The lowest BCUT2D eigenvalue weighted by molar-refractivity contribution is 0.0377. The Morgan fingerprint density at radius 2 is 1.77 bits per heavy atom. The summed E-state index contributed by atoms with van der Waals surface area (Å²) in [7, 11) is 3.27. The molecule has 0 saturated carbocycles. The third kappa shape index (κ3) is 5.18. The Bertz CT molecular complexity index is 1070. The summed E-state index contributed by atoms with van der Waals surface area (Å²) in [6.45, 7) is 8.16. The first-order chi connectivity index (χ1) is 17.0. The molecule has 0 N–H and O–H groups in total. The fraction of sp³-hybridized carbons (Fsp3) is 0.481. The number of benzene rings is 2. The molecule has 2 aromatic rings. The number of halogens is 1. The summed E-state index contributed by atoms with van der Waals surface area (Å²) in [5, 5.41) is 0. The van der Waals surface area contributed by atoms with E-state index in [4.69, 9.17) is 23.7 Å². The minimum absolute atomic E-state index is 0.0108. The van der Waals surface area contributed by atoms with Crippen molar-refractivity contribution in [1.29, 1.82) is 0 Å². The third-order valence-corrected chi connectivity index (χ3v) is 6.98. The van der Waals surface area contributed by atoms with Crippen LogP contribution in [0, 0.1) is 11.7 Å². The molecule has 3 heterocycles. The summed E-state index contributed by atoms with van der Waals surface area (Å²) in [6.07, 6.45) is 1.95. The van der Waals surface area contributed by atoms with Gasteiger partial charge in [-0.1, -0.05) is 6.07 Å². The van der Waals surface area contributed by atoms with Gasteiger partial charge >= 0.3 is 0 Å². The van der Waals surface area contributed by atoms with E-state index in [-0.39, 0.29) is 23.9 Å². The molecular formula is C27H33FN2O5. The van der Waals surface area contributed by atoms with Gasteiger partial charge in [-0.15, -0.1) is 0 Å². The van der Waals surface area contributed by atoms with Crippen LogP contribution in [0.1, 0.15) is 12.5 Å². The maximum absolute atomic E-state index is 13.4. The molecule has 1 fully saturated rings. The van der Waals surface area contributed by atoms with Gasteiger partial charge in [0.2, 0.25) is 0 Å². The Kier molecular flexibility index (Phi) is 7.02. The maximum Gasteiger partial charge on any atom is 0.164 e. The van der Waals surface area contributed by atoms with Crippen molar-refractivity contribution < 1.29 is 28.1 Å². The van der Waals surface area contributed by atoms with Crippen LogP contribution in [0.3, 0.4) is 0 Å². The highest BCUT2D eigenvalue weighted by molar-refractivity contribution is 5.77. The maximum atomic E-state index is 13.4. The zero-order chi connectivity index (χ0) is 24.4. The molecule has 5 rings (SSSR count). The van der Waals surface area contributed by atoms with Crippen molar-refractivity contribution in [3.8, 4) is 23.0 Å². The average Bonchev–Trinajstić information content (AvgIpc) is 3.27.